The maximum Gasteiger partial charge on any atom is 0.337 e. The fraction of sp³-hybridized carbons (Fsp3) is 0.462. The van der Waals surface area contributed by atoms with E-state index >= 15 is 0 Å². The Labute approximate surface area is 114 Å². The second-order valence-corrected chi connectivity index (χ2v) is 7.02. The summed E-state index contributed by atoms with van der Waals surface area (Å²) in [5.74, 6) is -0.562. The van der Waals surface area contributed by atoms with Crippen molar-refractivity contribution in [3.63, 3.8) is 0 Å². The Bertz CT molecular complexity index is 541. The van der Waals surface area contributed by atoms with Crippen LogP contribution in [0.25, 0.3) is 0 Å². The van der Waals surface area contributed by atoms with Gasteiger partial charge in [0.1, 0.15) is 0 Å². The van der Waals surface area contributed by atoms with Crippen molar-refractivity contribution < 1.29 is 17.9 Å². The van der Waals surface area contributed by atoms with Crippen LogP contribution in [0.1, 0.15) is 36.7 Å². The van der Waals surface area contributed by atoms with Gasteiger partial charge in [0.2, 0.25) is 10.0 Å². The van der Waals surface area contributed by atoms with Crippen molar-refractivity contribution >= 4 is 16.0 Å². The maximum absolute atomic E-state index is 11.9. The number of rotatable bonds is 4. The molecule has 0 radical (unpaired) electrons. The summed E-state index contributed by atoms with van der Waals surface area (Å²) in [6.45, 7) is 5.35. The first-order valence-corrected chi connectivity index (χ1v) is 7.47. The smallest absolute Gasteiger partial charge is 0.337 e. The molecule has 0 fully saturated rings. The maximum atomic E-state index is 11.9. The van der Waals surface area contributed by atoms with Crippen molar-refractivity contribution in [2.75, 3.05) is 7.11 Å². The number of hydrogen-bond donors (Lipinski definition) is 1. The molecule has 0 aromatic heterocycles. The number of hydrogen-bond acceptors (Lipinski definition) is 4. The molecule has 0 aliphatic heterocycles. The lowest BCUT2D eigenvalue weighted by Gasteiger charge is -2.20. The summed E-state index contributed by atoms with van der Waals surface area (Å²) in [5, 5.41) is 0. The summed E-state index contributed by atoms with van der Waals surface area (Å²) < 4.78 is 30.9. The first kappa shape index (κ1) is 15.7. The van der Waals surface area contributed by atoms with Crippen LogP contribution in [0.4, 0.5) is 0 Å². The topological polar surface area (TPSA) is 72.5 Å². The predicted octanol–water partition coefficient (Wildman–Crippen LogP) is 1.69. The van der Waals surface area contributed by atoms with Crippen LogP contribution >= 0.6 is 0 Å². The standard InChI is InChI=1S/C13H19NO4S/c1-13(2,3)14-19(16,17)9-10-5-7-11(8-6-10)12(15)18-4/h5-8,14H,9H2,1-4H3. The monoisotopic (exact) mass is 285 g/mol. The Morgan fingerprint density at radius 2 is 1.74 bits per heavy atom. The van der Waals surface area contributed by atoms with Crippen molar-refractivity contribution in [2.24, 2.45) is 0 Å². The zero-order chi connectivity index (χ0) is 14.7. The lowest BCUT2D eigenvalue weighted by Crippen LogP contribution is -2.41. The van der Waals surface area contributed by atoms with Crippen LogP contribution in [-0.4, -0.2) is 27.0 Å². The van der Waals surface area contributed by atoms with E-state index in [9.17, 15) is 13.2 Å². The molecule has 1 rings (SSSR count). The molecule has 1 aromatic rings. The fourth-order valence-electron chi connectivity index (χ4n) is 1.58. The van der Waals surface area contributed by atoms with Gasteiger partial charge in [-0.25, -0.2) is 17.9 Å². The Hall–Kier alpha value is -1.40. The lowest BCUT2D eigenvalue weighted by atomic mass is 10.1. The SMILES string of the molecule is COC(=O)c1ccc(CS(=O)(=O)NC(C)(C)C)cc1. The summed E-state index contributed by atoms with van der Waals surface area (Å²) in [5.41, 5.74) is 0.502. The van der Waals surface area contributed by atoms with Crippen LogP contribution in [0.3, 0.4) is 0 Å². The molecule has 19 heavy (non-hydrogen) atoms. The molecule has 0 aliphatic rings. The number of carbonyl (C=O) groups is 1. The van der Waals surface area contributed by atoms with E-state index in [4.69, 9.17) is 0 Å². The Morgan fingerprint density at radius 1 is 1.21 bits per heavy atom. The van der Waals surface area contributed by atoms with Gasteiger partial charge < -0.3 is 4.74 Å². The van der Waals surface area contributed by atoms with Crippen LogP contribution in [0.15, 0.2) is 24.3 Å². The highest BCUT2D eigenvalue weighted by atomic mass is 32.2. The highest BCUT2D eigenvalue weighted by Crippen LogP contribution is 2.11. The molecule has 6 heteroatoms. The Morgan fingerprint density at radius 3 is 2.16 bits per heavy atom. The van der Waals surface area contributed by atoms with Gasteiger partial charge in [0.15, 0.2) is 0 Å². The summed E-state index contributed by atoms with van der Waals surface area (Å²) in [6.07, 6.45) is 0. The van der Waals surface area contributed by atoms with Crippen molar-refractivity contribution in [3.8, 4) is 0 Å². The van der Waals surface area contributed by atoms with Gasteiger partial charge in [-0.2, -0.15) is 0 Å². The minimum atomic E-state index is -3.40. The van der Waals surface area contributed by atoms with E-state index in [1.54, 1.807) is 45.0 Å². The van der Waals surface area contributed by atoms with Crippen molar-refractivity contribution in [1.82, 2.24) is 4.72 Å². The quantitative estimate of drug-likeness (QED) is 0.854. The molecule has 5 nitrogen and oxygen atoms in total. The minimum Gasteiger partial charge on any atom is -0.465 e. The number of sulfonamides is 1. The Kier molecular flexibility index (Phi) is 4.70. The third-order valence-electron chi connectivity index (χ3n) is 2.19. The van der Waals surface area contributed by atoms with E-state index < -0.39 is 21.5 Å². The normalized spacial score (nSPS) is 12.2. The van der Waals surface area contributed by atoms with Crippen molar-refractivity contribution in [2.45, 2.75) is 32.1 Å². The van der Waals surface area contributed by atoms with Crippen LogP contribution in [0.5, 0.6) is 0 Å². The van der Waals surface area contributed by atoms with E-state index in [0.29, 0.717) is 11.1 Å². The van der Waals surface area contributed by atoms with Crippen LogP contribution in [-0.2, 0) is 20.5 Å². The molecule has 0 spiro atoms. The highest BCUT2D eigenvalue weighted by Gasteiger charge is 2.20. The Balaban J connectivity index is 2.81. The van der Waals surface area contributed by atoms with Crippen LogP contribution in [0.2, 0.25) is 0 Å². The zero-order valence-electron chi connectivity index (χ0n) is 11.6. The molecular weight excluding hydrogens is 266 g/mol. The van der Waals surface area contributed by atoms with Gasteiger partial charge in [-0.3, -0.25) is 0 Å². The van der Waals surface area contributed by atoms with Gasteiger partial charge >= 0.3 is 5.97 Å². The molecule has 1 N–H and O–H groups in total. The molecule has 0 saturated heterocycles. The summed E-state index contributed by atoms with van der Waals surface area (Å²) in [7, 11) is -2.10. The molecule has 0 bridgehead atoms. The molecular formula is C13H19NO4S. The molecule has 0 amide bonds. The van der Waals surface area contributed by atoms with E-state index in [-0.39, 0.29) is 5.75 Å². The molecule has 0 saturated carbocycles. The molecule has 0 unspecified atom stereocenters. The van der Waals surface area contributed by atoms with Crippen molar-refractivity contribution in [3.05, 3.63) is 35.4 Å². The van der Waals surface area contributed by atoms with Gasteiger partial charge in [0, 0.05) is 5.54 Å². The third-order valence-corrected chi connectivity index (χ3v) is 3.83. The van der Waals surface area contributed by atoms with E-state index in [1.807, 2.05) is 0 Å². The molecule has 0 atom stereocenters. The van der Waals surface area contributed by atoms with E-state index in [1.165, 1.54) is 7.11 Å². The van der Waals surface area contributed by atoms with E-state index in [0.717, 1.165) is 0 Å². The molecule has 1 aromatic carbocycles. The first-order chi connectivity index (χ1) is 8.63. The molecule has 106 valence electrons. The largest absolute Gasteiger partial charge is 0.465 e. The second-order valence-electron chi connectivity index (χ2n) is 5.30. The minimum absolute atomic E-state index is 0.119. The number of nitrogens with one attached hydrogen (secondary N) is 1. The second kappa shape index (κ2) is 5.71. The average molecular weight is 285 g/mol. The van der Waals surface area contributed by atoms with Gasteiger partial charge in [-0.05, 0) is 38.5 Å². The number of benzene rings is 1. The lowest BCUT2D eigenvalue weighted by molar-refractivity contribution is 0.0600. The third kappa shape index (κ3) is 5.40. The number of esters is 1. The molecule has 0 aliphatic carbocycles. The summed E-state index contributed by atoms with van der Waals surface area (Å²) in [4.78, 5) is 11.2. The first-order valence-electron chi connectivity index (χ1n) is 5.82. The van der Waals surface area contributed by atoms with Crippen molar-refractivity contribution in [1.29, 1.82) is 0 Å². The van der Waals surface area contributed by atoms with Gasteiger partial charge in [-0.15, -0.1) is 0 Å². The van der Waals surface area contributed by atoms with Gasteiger partial charge in [-0.1, -0.05) is 12.1 Å². The highest BCUT2D eigenvalue weighted by molar-refractivity contribution is 7.88. The predicted molar refractivity (Wildman–Crippen MR) is 73.3 cm³/mol. The number of carbonyl (C=O) groups excluding carboxylic acids is 1. The average Bonchev–Trinajstić information content (AvgIpc) is 2.25. The van der Waals surface area contributed by atoms with E-state index in [2.05, 4.69) is 9.46 Å². The van der Waals surface area contributed by atoms with Gasteiger partial charge in [0.05, 0.1) is 18.4 Å². The van der Waals surface area contributed by atoms with Crippen LogP contribution < -0.4 is 4.72 Å². The summed E-state index contributed by atoms with van der Waals surface area (Å²) in [6, 6.07) is 6.31. The summed E-state index contributed by atoms with van der Waals surface area (Å²) >= 11 is 0. The fourth-order valence-corrected chi connectivity index (χ4v) is 3.21. The van der Waals surface area contributed by atoms with Gasteiger partial charge in [0.25, 0.3) is 0 Å². The molecule has 0 heterocycles. The number of ether oxygens (including phenoxy) is 1. The zero-order valence-corrected chi connectivity index (χ0v) is 12.4. The van der Waals surface area contributed by atoms with Crippen LogP contribution in [0, 0.1) is 0 Å². The number of methoxy groups -OCH3 is 1.